The fraction of sp³-hybridized carbons (Fsp3) is 0.438. The van der Waals surface area contributed by atoms with Gasteiger partial charge in [0.25, 0.3) is 0 Å². The number of carbonyl (C=O) groups is 3. The fourth-order valence-corrected chi connectivity index (χ4v) is 2.58. The van der Waals surface area contributed by atoms with Crippen LogP contribution in [0.1, 0.15) is 27.1 Å². The number of nitrogens with one attached hydrogen (secondary N) is 2. The van der Waals surface area contributed by atoms with Crippen LogP contribution in [-0.4, -0.2) is 63.3 Å². The lowest BCUT2D eigenvalue weighted by atomic mass is 10.1. The van der Waals surface area contributed by atoms with E-state index in [4.69, 9.17) is 0 Å². The van der Waals surface area contributed by atoms with Gasteiger partial charge in [0.05, 0.1) is 25.3 Å². The summed E-state index contributed by atoms with van der Waals surface area (Å²) in [4.78, 5) is 37.7. The molecule has 2 rings (SSSR count). The minimum absolute atomic E-state index is 0.0684. The van der Waals surface area contributed by atoms with Gasteiger partial charge in [-0.3, -0.25) is 0 Å². The number of methoxy groups -OCH3 is 2. The van der Waals surface area contributed by atoms with Crippen LogP contribution in [0.2, 0.25) is 0 Å². The minimum atomic E-state index is -0.610. The van der Waals surface area contributed by atoms with Crippen LogP contribution in [0.15, 0.2) is 18.2 Å². The SMILES string of the molecule is COC(=O)c1cc(NC(=O)N[C@@H]2CCN(C)C2)cc(C(=O)OC)c1. The summed E-state index contributed by atoms with van der Waals surface area (Å²) in [7, 11) is 4.47. The van der Waals surface area contributed by atoms with Gasteiger partial charge in [-0.15, -0.1) is 0 Å². The van der Waals surface area contributed by atoms with Crippen molar-refractivity contribution in [3.8, 4) is 0 Å². The Hall–Kier alpha value is -2.61. The molecule has 2 N–H and O–H groups in total. The largest absolute Gasteiger partial charge is 0.465 e. The van der Waals surface area contributed by atoms with Gasteiger partial charge >= 0.3 is 18.0 Å². The molecule has 0 bridgehead atoms. The van der Waals surface area contributed by atoms with E-state index in [9.17, 15) is 14.4 Å². The average molecular weight is 335 g/mol. The molecule has 1 saturated heterocycles. The number of carbonyl (C=O) groups excluding carboxylic acids is 3. The van der Waals surface area contributed by atoms with E-state index in [0.29, 0.717) is 5.69 Å². The second-order valence-corrected chi connectivity index (χ2v) is 5.63. The summed E-state index contributed by atoms with van der Waals surface area (Å²) in [5.41, 5.74) is 0.606. The summed E-state index contributed by atoms with van der Waals surface area (Å²) >= 11 is 0. The van der Waals surface area contributed by atoms with E-state index in [0.717, 1.165) is 19.5 Å². The van der Waals surface area contributed by atoms with E-state index in [2.05, 4.69) is 25.0 Å². The van der Waals surface area contributed by atoms with Crippen LogP contribution in [-0.2, 0) is 9.47 Å². The molecular weight excluding hydrogens is 314 g/mol. The standard InChI is InChI=1S/C16H21N3O5/c1-19-5-4-12(9-19)17-16(22)18-13-7-10(14(20)23-2)6-11(8-13)15(21)24-3/h6-8,12H,4-5,9H2,1-3H3,(H2,17,18,22)/t12-/m1/s1. The van der Waals surface area contributed by atoms with Gasteiger partial charge in [0.1, 0.15) is 0 Å². The average Bonchev–Trinajstić information content (AvgIpc) is 2.97. The van der Waals surface area contributed by atoms with Crippen molar-refractivity contribution in [1.29, 1.82) is 0 Å². The molecule has 130 valence electrons. The van der Waals surface area contributed by atoms with E-state index in [1.165, 1.54) is 32.4 Å². The van der Waals surface area contributed by atoms with Crippen molar-refractivity contribution in [2.24, 2.45) is 0 Å². The molecule has 1 aromatic carbocycles. The Morgan fingerprint density at radius 1 is 1.08 bits per heavy atom. The van der Waals surface area contributed by atoms with Crippen LogP contribution in [0.4, 0.5) is 10.5 Å². The molecule has 8 nitrogen and oxygen atoms in total. The van der Waals surface area contributed by atoms with Crippen molar-refractivity contribution >= 4 is 23.7 Å². The Labute approximate surface area is 140 Å². The second-order valence-electron chi connectivity index (χ2n) is 5.63. The molecule has 24 heavy (non-hydrogen) atoms. The summed E-state index contributed by atoms with van der Waals surface area (Å²) in [5.74, 6) is -1.22. The zero-order chi connectivity index (χ0) is 17.7. The molecule has 2 amide bonds. The van der Waals surface area contributed by atoms with Gasteiger partial charge < -0.3 is 25.0 Å². The number of urea groups is 1. The first-order chi connectivity index (χ1) is 11.4. The molecule has 8 heteroatoms. The third-order valence-electron chi connectivity index (χ3n) is 3.76. The Bertz CT molecular complexity index is 612. The zero-order valence-electron chi connectivity index (χ0n) is 13.9. The first-order valence-corrected chi connectivity index (χ1v) is 7.50. The molecule has 0 aliphatic carbocycles. The van der Waals surface area contributed by atoms with E-state index in [1.807, 2.05) is 7.05 Å². The molecular formula is C16H21N3O5. The number of ether oxygens (including phenoxy) is 2. The lowest BCUT2D eigenvalue weighted by Gasteiger charge is -2.14. The fourth-order valence-electron chi connectivity index (χ4n) is 2.58. The lowest BCUT2D eigenvalue weighted by Crippen LogP contribution is -2.39. The van der Waals surface area contributed by atoms with Crippen LogP contribution in [0, 0.1) is 0 Å². The van der Waals surface area contributed by atoms with Gasteiger partial charge in [-0.1, -0.05) is 0 Å². The molecule has 1 atom stereocenters. The summed E-state index contributed by atoms with van der Waals surface area (Å²) in [6.45, 7) is 1.71. The highest BCUT2D eigenvalue weighted by molar-refractivity contribution is 5.99. The predicted molar refractivity (Wildman–Crippen MR) is 87.2 cm³/mol. The molecule has 1 aromatic rings. The third-order valence-corrected chi connectivity index (χ3v) is 3.76. The molecule has 0 aromatic heterocycles. The highest BCUT2D eigenvalue weighted by atomic mass is 16.5. The highest BCUT2D eigenvalue weighted by Gasteiger charge is 2.21. The molecule has 1 aliphatic heterocycles. The molecule has 0 saturated carbocycles. The Morgan fingerprint density at radius 2 is 1.67 bits per heavy atom. The maximum absolute atomic E-state index is 12.1. The minimum Gasteiger partial charge on any atom is -0.465 e. The zero-order valence-corrected chi connectivity index (χ0v) is 13.9. The number of rotatable bonds is 4. The smallest absolute Gasteiger partial charge is 0.337 e. The Balaban J connectivity index is 2.14. The Kier molecular flexibility index (Phi) is 5.75. The van der Waals surface area contributed by atoms with E-state index >= 15 is 0 Å². The van der Waals surface area contributed by atoms with E-state index in [-0.39, 0.29) is 17.2 Å². The molecule has 0 unspecified atom stereocenters. The van der Waals surface area contributed by atoms with Gasteiger partial charge in [-0.2, -0.15) is 0 Å². The maximum Gasteiger partial charge on any atom is 0.337 e. The van der Waals surface area contributed by atoms with Gasteiger partial charge in [0, 0.05) is 18.3 Å². The first-order valence-electron chi connectivity index (χ1n) is 7.50. The van der Waals surface area contributed by atoms with E-state index < -0.39 is 18.0 Å². The van der Waals surface area contributed by atoms with Crippen LogP contribution >= 0.6 is 0 Å². The van der Waals surface area contributed by atoms with Crippen LogP contribution < -0.4 is 10.6 Å². The maximum atomic E-state index is 12.1. The van der Waals surface area contributed by atoms with Gasteiger partial charge in [0.2, 0.25) is 0 Å². The number of esters is 2. The normalized spacial score (nSPS) is 17.2. The number of nitrogens with zero attached hydrogens (tertiary/aromatic N) is 1. The number of likely N-dealkylation sites (N-methyl/N-ethyl adjacent to an activating group) is 1. The van der Waals surface area contributed by atoms with Crippen molar-refractivity contribution < 1.29 is 23.9 Å². The van der Waals surface area contributed by atoms with Gasteiger partial charge in [-0.05, 0) is 38.2 Å². The summed E-state index contributed by atoms with van der Waals surface area (Å²) in [6.07, 6.45) is 0.875. The topological polar surface area (TPSA) is 97.0 Å². The first kappa shape index (κ1) is 17.7. The number of likely N-dealkylation sites (tertiary alicyclic amines) is 1. The highest BCUT2D eigenvalue weighted by Crippen LogP contribution is 2.17. The quantitative estimate of drug-likeness (QED) is 0.800. The molecule has 0 spiro atoms. The predicted octanol–water partition coefficient (Wildman–Crippen LogP) is 1.09. The second kappa shape index (κ2) is 7.78. The molecule has 1 fully saturated rings. The summed E-state index contributed by atoms with van der Waals surface area (Å²) < 4.78 is 9.32. The van der Waals surface area contributed by atoms with Crippen LogP contribution in [0.25, 0.3) is 0 Å². The van der Waals surface area contributed by atoms with Crippen molar-refractivity contribution in [2.75, 3.05) is 39.7 Å². The van der Waals surface area contributed by atoms with E-state index in [1.54, 1.807) is 0 Å². The number of hydrogen-bond acceptors (Lipinski definition) is 6. The molecule has 1 aliphatic rings. The number of benzene rings is 1. The third kappa shape index (κ3) is 4.45. The van der Waals surface area contributed by atoms with Crippen molar-refractivity contribution in [3.05, 3.63) is 29.3 Å². The lowest BCUT2D eigenvalue weighted by molar-refractivity contribution is 0.0599. The van der Waals surface area contributed by atoms with Crippen LogP contribution in [0.3, 0.4) is 0 Å². The van der Waals surface area contributed by atoms with Gasteiger partial charge in [-0.25, -0.2) is 14.4 Å². The molecule has 1 heterocycles. The van der Waals surface area contributed by atoms with Crippen LogP contribution in [0.5, 0.6) is 0 Å². The number of hydrogen-bond donors (Lipinski definition) is 2. The summed E-state index contributed by atoms with van der Waals surface area (Å²) in [6, 6.07) is 3.91. The molecule has 0 radical (unpaired) electrons. The Morgan fingerprint density at radius 3 is 2.12 bits per heavy atom. The number of anilines is 1. The monoisotopic (exact) mass is 335 g/mol. The van der Waals surface area contributed by atoms with Crippen molar-refractivity contribution in [1.82, 2.24) is 10.2 Å². The summed E-state index contributed by atoms with van der Waals surface area (Å²) in [5, 5.41) is 5.50. The van der Waals surface area contributed by atoms with Crippen molar-refractivity contribution in [2.45, 2.75) is 12.5 Å². The number of amides is 2. The van der Waals surface area contributed by atoms with Gasteiger partial charge in [0.15, 0.2) is 0 Å². The van der Waals surface area contributed by atoms with Crippen molar-refractivity contribution in [3.63, 3.8) is 0 Å².